The maximum atomic E-state index is 9.98. The van der Waals surface area contributed by atoms with E-state index < -0.39 is 0 Å². The lowest BCUT2D eigenvalue weighted by Gasteiger charge is -2.06. The molecule has 0 aliphatic carbocycles. The van der Waals surface area contributed by atoms with Gasteiger partial charge in [0, 0.05) is 17.7 Å². The molecule has 0 amide bonds. The van der Waals surface area contributed by atoms with Crippen molar-refractivity contribution < 1.29 is 14.3 Å². The summed E-state index contributed by atoms with van der Waals surface area (Å²) in [5.74, 6) is 0.249. The molecule has 0 radical (unpaired) electrons. The first-order valence-corrected chi connectivity index (χ1v) is 3.99. The lowest BCUT2D eigenvalue weighted by Crippen LogP contribution is -1.93. The number of hydrogen-bond acceptors (Lipinski definition) is 7. The molecule has 1 aromatic carbocycles. The average Bonchev–Trinajstić information content (AvgIpc) is 2.26. The van der Waals surface area contributed by atoms with E-state index in [1.54, 1.807) is 6.92 Å². The number of rotatable bonds is 4. The summed E-state index contributed by atoms with van der Waals surface area (Å²) < 4.78 is 9.13. The van der Waals surface area contributed by atoms with Crippen LogP contribution in [0, 0.1) is 34.9 Å². The number of hydrogen-bond donors (Lipinski definition) is 0. The molecular formula is C9H5N3O4. The summed E-state index contributed by atoms with van der Waals surface area (Å²) in [6, 6.07) is 2.60. The van der Waals surface area contributed by atoms with Gasteiger partial charge in [-0.1, -0.05) is 0 Å². The van der Waals surface area contributed by atoms with Crippen molar-refractivity contribution in [3.8, 4) is 29.8 Å². The highest BCUT2D eigenvalue weighted by Gasteiger charge is 2.12. The van der Waals surface area contributed by atoms with Gasteiger partial charge < -0.3 is 14.3 Å². The zero-order valence-electron chi connectivity index (χ0n) is 8.13. The Balaban J connectivity index is 3.22. The van der Waals surface area contributed by atoms with Crippen LogP contribution in [0.25, 0.3) is 0 Å². The summed E-state index contributed by atoms with van der Waals surface area (Å²) in [6.45, 7) is 1.56. The Morgan fingerprint density at radius 1 is 1.19 bits per heavy atom. The van der Waals surface area contributed by atoms with Gasteiger partial charge in [0.2, 0.25) is 0 Å². The predicted molar refractivity (Wildman–Crippen MR) is 50.1 cm³/mol. The van der Waals surface area contributed by atoms with Gasteiger partial charge >= 0.3 is 0 Å². The molecule has 80 valence electrons. The van der Waals surface area contributed by atoms with Gasteiger partial charge in [-0.15, -0.1) is 15.4 Å². The maximum Gasteiger partial charge on any atom is 0.292 e. The highest BCUT2D eigenvalue weighted by molar-refractivity contribution is 5.50. The van der Waals surface area contributed by atoms with E-state index in [2.05, 4.69) is 19.7 Å². The summed E-state index contributed by atoms with van der Waals surface area (Å²) in [6.07, 6.45) is 2.90. The van der Waals surface area contributed by atoms with E-state index in [0.29, 0.717) is 5.56 Å². The van der Waals surface area contributed by atoms with Gasteiger partial charge in [0.1, 0.15) is 5.75 Å². The number of nitrogens with zero attached hydrogens (tertiary/aromatic N) is 3. The fourth-order valence-corrected chi connectivity index (χ4v) is 1.04. The lowest BCUT2D eigenvalue weighted by molar-refractivity contribution is 0.328. The molecule has 0 saturated carbocycles. The topological polar surface area (TPSA) is 105 Å². The van der Waals surface area contributed by atoms with Crippen LogP contribution in [0.15, 0.2) is 17.5 Å². The minimum atomic E-state index is 0.0491. The average molecular weight is 219 g/mol. The van der Waals surface area contributed by atoms with Crippen molar-refractivity contribution in [1.29, 1.82) is 10.5 Å². The second-order valence-corrected chi connectivity index (χ2v) is 2.60. The summed E-state index contributed by atoms with van der Waals surface area (Å²) in [7, 11) is 0. The van der Waals surface area contributed by atoms with Crippen LogP contribution < -0.4 is 14.3 Å². The van der Waals surface area contributed by atoms with Gasteiger partial charge in [0.25, 0.3) is 12.5 Å². The van der Waals surface area contributed by atoms with Crippen LogP contribution in [0.2, 0.25) is 0 Å². The van der Waals surface area contributed by atoms with E-state index in [-0.39, 0.29) is 17.2 Å². The van der Waals surface area contributed by atoms with E-state index in [1.165, 1.54) is 24.6 Å². The molecule has 16 heavy (non-hydrogen) atoms. The van der Waals surface area contributed by atoms with E-state index in [9.17, 15) is 4.91 Å². The molecule has 1 aromatic rings. The molecule has 0 atom stereocenters. The molecular weight excluding hydrogens is 214 g/mol. The van der Waals surface area contributed by atoms with Crippen LogP contribution in [0.1, 0.15) is 5.56 Å². The summed E-state index contributed by atoms with van der Waals surface area (Å²) in [5, 5.41) is 19.0. The third-order valence-electron chi connectivity index (χ3n) is 1.74. The normalized spacial score (nSPS) is 8.44. The Kier molecular flexibility index (Phi) is 3.65. The molecule has 1 rings (SSSR count). The van der Waals surface area contributed by atoms with E-state index in [4.69, 9.17) is 10.5 Å². The Morgan fingerprint density at radius 3 is 2.38 bits per heavy atom. The highest BCUT2D eigenvalue weighted by atomic mass is 16.7. The van der Waals surface area contributed by atoms with Crippen molar-refractivity contribution >= 4 is 0 Å². The van der Waals surface area contributed by atoms with Crippen molar-refractivity contribution in [2.75, 3.05) is 0 Å². The van der Waals surface area contributed by atoms with Gasteiger partial charge in [-0.05, 0) is 6.92 Å². The predicted octanol–water partition coefficient (Wildman–Crippen LogP) is 1.77. The van der Waals surface area contributed by atoms with Crippen molar-refractivity contribution in [3.63, 3.8) is 0 Å². The molecule has 0 bridgehead atoms. The Morgan fingerprint density at radius 2 is 1.81 bits per heavy atom. The largest absolute Gasteiger partial charge is 0.388 e. The molecule has 0 aromatic heterocycles. The van der Waals surface area contributed by atoms with Gasteiger partial charge in [0.05, 0.1) is 0 Å². The van der Waals surface area contributed by atoms with Crippen LogP contribution in [0.4, 0.5) is 0 Å². The molecule has 0 fully saturated rings. The zero-order chi connectivity index (χ0) is 12.0. The van der Waals surface area contributed by atoms with Crippen LogP contribution in [-0.2, 0) is 0 Å². The summed E-state index contributed by atoms with van der Waals surface area (Å²) in [5.41, 5.74) is 0.395. The molecule has 0 heterocycles. The SMILES string of the molecule is Cc1c(OC#N)cc(OC#N)cc1ON=O. The first-order valence-electron chi connectivity index (χ1n) is 3.99. The molecule has 0 spiro atoms. The number of ether oxygens (including phenoxy) is 2. The van der Waals surface area contributed by atoms with Gasteiger partial charge in [-0.2, -0.15) is 0 Å². The van der Waals surface area contributed by atoms with Crippen LogP contribution in [-0.4, -0.2) is 0 Å². The minimum Gasteiger partial charge on any atom is -0.388 e. The van der Waals surface area contributed by atoms with E-state index in [1.807, 2.05) is 0 Å². The van der Waals surface area contributed by atoms with Crippen LogP contribution in [0.3, 0.4) is 0 Å². The fourth-order valence-electron chi connectivity index (χ4n) is 1.04. The Labute approximate surface area is 90.3 Å². The summed E-state index contributed by atoms with van der Waals surface area (Å²) in [4.78, 5) is 14.4. The minimum absolute atomic E-state index is 0.0491. The van der Waals surface area contributed by atoms with Crippen molar-refractivity contribution in [2.45, 2.75) is 6.92 Å². The molecule has 7 nitrogen and oxygen atoms in total. The van der Waals surface area contributed by atoms with Crippen LogP contribution >= 0.6 is 0 Å². The first-order chi connectivity index (χ1) is 7.72. The number of nitriles is 2. The van der Waals surface area contributed by atoms with Crippen molar-refractivity contribution in [1.82, 2.24) is 0 Å². The third kappa shape index (κ3) is 2.36. The molecule has 0 aliphatic rings. The first kappa shape index (κ1) is 11.3. The second kappa shape index (κ2) is 5.17. The summed E-state index contributed by atoms with van der Waals surface area (Å²) >= 11 is 0. The monoisotopic (exact) mass is 219 g/mol. The van der Waals surface area contributed by atoms with Crippen molar-refractivity contribution in [2.24, 2.45) is 5.34 Å². The van der Waals surface area contributed by atoms with Crippen molar-refractivity contribution in [3.05, 3.63) is 22.6 Å². The molecule has 0 unspecified atom stereocenters. The second-order valence-electron chi connectivity index (χ2n) is 2.60. The molecule has 0 saturated heterocycles. The Hall–Kier alpha value is -2.80. The number of benzene rings is 1. The zero-order valence-corrected chi connectivity index (χ0v) is 8.13. The molecule has 0 aliphatic heterocycles. The van der Waals surface area contributed by atoms with Gasteiger partial charge in [-0.25, -0.2) is 0 Å². The highest BCUT2D eigenvalue weighted by Crippen LogP contribution is 2.33. The standard InChI is InChI=1S/C9H5N3O4/c1-6-8(15-5-11)2-7(14-4-10)3-9(6)16-12-13/h2-3H,1H3. The fraction of sp³-hybridized carbons (Fsp3) is 0.111. The quantitative estimate of drug-likeness (QED) is 0.434. The Bertz CT molecular complexity index is 487. The molecule has 0 N–H and O–H groups in total. The lowest BCUT2D eigenvalue weighted by atomic mass is 10.2. The third-order valence-corrected chi connectivity index (χ3v) is 1.74. The van der Waals surface area contributed by atoms with Crippen LogP contribution in [0.5, 0.6) is 17.2 Å². The van der Waals surface area contributed by atoms with E-state index >= 15 is 0 Å². The van der Waals surface area contributed by atoms with E-state index in [0.717, 1.165) is 0 Å². The smallest absolute Gasteiger partial charge is 0.292 e. The molecule has 7 heteroatoms. The maximum absolute atomic E-state index is 9.98. The van der Waals surface area contributed by atoms with Gasteiger partial charge in [0.15, 0.2) is 16.8 Å². The van der Waals surface area contributed by atoms with Gasteiger partial charge in [-0.3, -0.25) is 0 Å².